The molecule has 0 aliphatic carbocycles. The number of hydrogen-bond acceptors (Lipinski definition) is 6. The number of amides is 1. The first-order valence-corrected chi connectivity index (χ1v) is 14.8. The van der Waals surface area contributed by atoms with Crippen molar-refractivity contribution in [1.29, 1.82) is 0 Å². The van der Waals surface area contributed by atoms with Crippen molar-refractivity contribution < 1.29 is 27.8 Å². The van der Waals surface area contributed by atoms with Crippen LogP contribution in [0.2, 0.25) is 0 Å². The first kappa shape index (κ1) is 28.0. The highest BCUT2D eigenvalue weighted by Crippen LogP contribution is 2.34. The summed E-state index contributed by atoms with van der Waals surface area (Å²) in [6, 6.07) is 10.8. The molecule has 2 saturated heterocycles. The largest absolute Gasteiger partial charge is 0.497 e. The predicted molar refractivity (Wildman–Crippen MR) is 144 cm³/mol. The fourth-order valence-corrected chi connectivity index (χ4v) is 7.75. The average molecular weight is 596 g/mol. The van der Waals surface area contributed by atoms with Gasteiger partial charge in [-0.2, -0.15) is 4.31 Å². The van der Waals surface area contributed by atoms with Crippen molar-refractivity contribution in [2.45, 2.75) is 56.1 Å². The third kappa shape index (κ3) is 6.04. The summed E-state index contributed by atoms with van der Waals surface area (Å²) in [5, 5.41) is 11.1. The second-order valence-electron chi connectivity index (χ2n) is 9.94. The van der Waals surface area contributed by atoms with Gasteiger partial charge in [-0.05, 0) is 80.5 Å². The second-order valence-corrected chi connectivity index (χ2v) is 12.7. The Morgan fingerprint density at radius 1 is 1.11 bits per heavy atom. The molecule has 1 atom stereocenters. The van der Waals surface area contributed by atoms with E-state index in [1.807, 2.05) is 24.3 Å². The monoisotopic (exact) mass is 594 g/mol. The number of piperidine rings is 1. The van der Waals surface area contributed by atoms with Gasteiger partial charge >= 0.3 is 0 Å². The van der Waals surface area contributed by atoms with Crippen LogP contribution >= 0.6 is 15.9 Å². The number of carbonyl (C=O) groups excluding carboxylic acids is 1. The second kappa shape index (κ2) is 11.4. The normalized spacial score (nSPS) is 20.2. The maximum atomic E-state index is 13.6. The molecule has 0 saturated carbocycles. The molecule has 0 bridgehead atoms. The highest BCUT2D eigenvalue weighted by Gasteiger charge is 2.38. The van der Waals surface area contributed by atoms with Crippen LogP contribution in [0.25, 0.3) is 0 Å². The fourth-order valence-electron chi connectivity index (χ4n) is 5.39. The molecule has 1 amide bonds. The van der Waals surface area contributed by atoms with Crippen molar-refractivity contribution in [2.75, 3.05) is 40.0 Å². The molecule has 2 aliphatic rings. The molecule has 37 heavy (non-hydrogen) atoms. The number of halogens is 1. The Morgan fingerprint density at radius 3 is 2.32 bits per heavy atom. The van der Waals surface area contributed by atoms with Gasteiger partial charge in [-0.15, -0.1) is 0 Å². The lowest BCUT2D eigenvalue weighted by atomic mass is 9.84. The van der Waals surface area contributed by atoms with Crippen LogP contribution in [0.3, 0.4) is 0 Å². The molecule has 1 unspecified atom stereocenters. The van der Waals surface area contributed by atoms with Crippen molar-refractivity contribution in [2.24, 2.45) is 0 Å². The molecule has 2 fully saturated rings. The van der Waals surface area contributed by atoms with Gasteiger partial charge in [0.05, 0.1) is 24.2 Å². The van der Waals surface area contributed by atoms with Crippen LogP contribution in [0.5, 0.6) is 5.75 Å². The number of methoxy groups -OCH3 is 1. The van der Waals surface area contributed by atoms with Crippen LogP contribution in [0.15, 0.2) is 45.8 Å². The van der Waals surface area contributed by atoms with E-state index in [-0.39, 0.29) is 25.2 Å². The Kier molecular flexibility index (Phi) is 8.65. The number of sulfonamides is 1. The zero-order chi connectivity index (χ0) is 26.8. The van der Waals surface area contributed by atoms with E-state index in [0.717, 1.165) is 16.5 Å². The standard InChI is InChI=1S/C27H35BrN2O6S/c1-19-15-24(35-3)16-20(2)26(19)37(33,34)30-12-4-5-23(30)17-36-18-25(31)29-13-10-27(32,11-14-29)21-6-8-22(28)9-7-21/h6-9,15-16,23,32H,4-5,10-14,17-18H2,1-3H3. The van der Waals surface area contributed by atoms with Crippen LogP contribution in [0, 0.1) is 13.8 Å². The molecule has 2 aromatic rings. The average Bonchev–Trinajstić information content (AvgIpc) is 3.33. The first-order chi connectivity index (χ1) is 17.5. The third-order valence-electron chi connectivity index (χ3n) is 7.42. The van der Waals surface area contributed by atoms with Gasteiger partial charge in [0.1, 0.15) is 12.4 Å². The summed E-state index contributed by atoms with van der Waals surface area (Å²) in [6.45, 7) is 4.91. The number of benzene rings is 2. The van der Waals surface area contributed by atoms with Gasteiger partial charge in [0, 0.05) is 30.1 Å². The quantitative estimate of drug-likeness (QED) is 0.500. The highest BCUT2D eigenvalue weighted by atomic mass is 79.9. The predicted octanol–water partition coefficient (Wildman–Crippen LogP) is 3.75. The molecular formula is C27H35BrN2O6S. The van der Waals surface area contributed by atoms with E-state index in [9.17, 15) is 18.3 Å². The summed E-state index contributed by atoms with van der Waals surface area (Å²) in [5.74, 6) is 0.480. The van der Waals surface area contributed by atoms with Gasteiger partial charge in [0.15, 0.2) is 0 Å². The van der Waals surface area contributed by atoms with Gasteiger partial charge in [-0.25, -0.2) is 8.42 Å². The van der Waals surface area contributed by atoms with Crippen LogP contribution in [-0.4, -0.2) is 74.6 Å². The van der Waals surface area contributed by atoms with Gasteiger partial charge in [0.2, 0.25) is 15.9 Å². The number of carbonyl (C=O) groups is 1. The van der Waals surface area contributed by atoms with E-state index in [1.165, 1.54) is 4.31 Å². The molecule has 8 nitrogen and oxygen atoms in total. The number of nitrogens with zero attached hydrogens (tertiary/aromatic N) is 2. The minimum atomic E-state index is -3.72. The number of ether oxygens (including phenoxy) is 2. The summed E-state index contributed by atoms with van der Waals surface area (Å²) in [6.07, 6.45) is 2.34. The third-order valence-corrected chi connectivity index (χ3v) is 10.2. The zero-order valence-electron chi connectivity index (χ0n) is 21.6. The topological polar surface area (TPSA) is 96.4 Å². The number of hydrogen-bond donors (Lipinski definition) is 1. The molecule has 202 valence electrons. The summed E-state index contributed by atoms with van der Waals surface area (Å²) < 4.78 is 40.6. The van der Waals surface area contributed by atoms with E-state index in [4.69, 9.17) is 9.47 Å². The number of aliphatic hydroxyl groups is 1. The lowest BCUT2D eigenvalue weighted by Gasteiger charge is -2.38. The summed E-state index contributed by atoms with van der Waals surface area (Å²) in [4.78, 5) is 14.8. The molecule has 1 N–H and O–H groups in total. The maximum Gasteiger partial charge on any atom is 0.248 e. The van der Waals surface area contributed by atoms with E-state index in [0.29, 0.717) is 60.7 Å². The van der Waals surface area contributed by atoms with Crippen molar-refractivity contribution in [3.05, 3.63) is 57.6 Å². The molecule has 10 heteroatoms. The van der Waals surface area contributed by atoms with Gasteiger partial charge in [-0.3, -0.25) is 4.79 Å². The van der Waals surface area contributed by atoms with Crippen molar-refractivity contribution in [3.8, 4) is 5.75 Å². The van der Waals surface area contributed by atoms with E-state index < -0.39 is 15.6 Å². The SMILES string of the molecule is COc1cc(C)c(S(=O)(=O)N2CCCC2COCC(=O)N2CCC(O)(c3ccc(Br)cc3)CC2)c(C)c1. The number of rotatable bonds is 8. The lowest BCUT2D eigenvalue weighted by Crippen LogP contribution is -2.46. The maximum absolute atomic E-state index is 13.6. The van der Waals surface area contributed by atoms with E-state index >= 15 is 0 Å². The Morgan fingerprint density at radius 2 is 1.73 bits per heavy atom. The lowest BCUT2D eigenvalue weighted by molar-refractivity contribution is -0.141. The minimum Gasteiger partial charge on any atom is -0.497 e. The summed E-state index contributed by atoms with van der Waals surface area (Å²) in [7, 11) is -2.16. The molecule has 0 aromatic heterocycles. The fraction of sp³-hybridized carbons (Fsp3) is 0.519. The molecule has 2 aromatic carbocycles. The minimum absolute atomic E-state index is 0.109. The van der Waals surface area contributed by atoms with Crippen LogP contribution in [0.4, 0.5) is 0 Å². The zero-order valence-corrected chi connectivity index (χ0v) is 24.0. The molecule has 2 aliphatic heterocycles. The van der Waals surface area contributed by atoms with Gasteiger partial charge in [0.25, 0.3) is 0 Å². The highest BCUT2D eigenvalue weighted by molar-refractivity contribution is 9.10. The van der Waals surface area contributed by atoms with Crippen LogP contribution in [0.1, 0.15) is 42.4 Å². The smallest absolute Gasteiger partial charge is 0.248 e. The van der Waals surface area contributed by atoms with Gasteiger partial charge in [-0.1, -0.05) is 28.1 Å². The Bertz CT molecular complexity index is 1200. The summed E-state index contributed by atoms with van der Waals surface area (Å²) in [5.41, 5.74) is 1.19. The molecule has 0 radical (unpaired) electrons. The number of likely N-dealkylation sites (tertiary alicyclic amines) is 1. The van der Waals surface area contributed by atoms with Crippen LogP contribution < -0.4 is 4.74 Å². The molecular weight excluding hydrogens is 560 g/mol. The van der Waals surface area contributed by atoms with Crippen molar-refractivity contribution in [1.82, 2.24) is 9.21 Å². The molecule has 0 spiro atoms. The first-order valence-electron chi connectivity index (χ1n) is 12.6. The van der Waals surface area contributed by atoms with Gasteiger partial charge < -0.3 is 19.5 Å². The van der Waals surface area contributed by atoms with Crippen molar-refractivity contribution in [3.63, 3.8) is 0 Å². The van der Waals surface area contributed by atoms with Crippen molar-refractivity contribution >= 4 is 31.9 Å². The summed E-state index contributed by atoms with van der Waals surface area (Å²) >= 11 is 3.41. The van der Waals surface area contributed by atoms with Crippen LogP contribution in [-0.2, 0) is 25.2 Å². The molecule has 4 rings (SSSR count). The molecule has 2 heterocycles. The van der Waals surface area contributed by atoms with E-state index in [2.05, 4.69) is 15.9 Å². The number of aryl methyl sites for hydroxylation is 2. The Balaban J connectivity index is 1.32. The Hall–Kier alpha value is -1.98. The van der Waals surface area contributed by atoms with E-state index in [1.54, 1.807) is 38.0 Å². The Labute approximate surface area is 227 Å².